The summed E-state index contributed by atoms with van der Waals surface area (Å²) in [5.74, 6) is 0. The number of aromatic nitrogens is 2. The van der Waals surface area contributed by atoms with Crippen molar-refractivity contribution in [3.63, 3.8) is 0 Å². The first-order chi connectivity index (χ1) is 8.79. The summed E-state index contributed by atoms with van der Waals surface area (Å²) in [6.45, 7) is 2.16. The molecule has 2 rings (SSSR count). The molecule has 1 saturated carbocycles. The minimum atomic E-state index is -0.223. The normalized spacial score (nSPS) is 19.0. The quantitative estimate of drug-likeness (QED) is 0.839. The molecule has 1 aromatic heterocycles. The van der Waals surface area contributed by atoms with Gasteiger partial charge in [0.15, 0.2) is 0 Å². The number of aliphatic hydroxyl groups excluding tert-OH is 1. The predicted molar refractivity (Wildman–Crippen MR) is 73.6 cm³/mol. The van der Waals surface area contributed by atoms with Crippen LogP contribution in [0.15, 0.2) is 12.3 Å². The van der Waals surface area contributed by atoms with Crippen molar-refractivity contribution in [3.05, 3.63) is 18.0 Å². The molecule has 102 valence electrons. The highest BCUT2D eigenvalue weighted by Crippen LogP contribution is 2.27. The smallest absolute Gasteiger partial charge is 0.0650 e. The Morgan fingerprint density at radius 1 is 1.39 bits per heavy atom. The van der Waals surface area contributed by atoms with Gasteiger partial charge < -0.3 is 5.11 Å². The van der Waals surface area contributed by atoms with Crippen LogP contribution in [-0.4, -0.2) is 21.0 Å². The van der Waals surface area contributed by atoms with E-state index < -0.39 is 0 Å². The van der Waals surface area contributed by atoms with Gasteiger partial charge in [-0.2, -0.15) is 5.10 Å². The van der Waals surface area contributed by atoms with E-state index in [0.29, 0.717) is 12.5 Å². The molecule has 1 heterocycles. The van der Waals surface area contributed by atoms with E-state index in [1.54, 1.807) is 0 Å². The molecule has 1 aliphatic carbocycles. The lowest BCUT2D eigenvalue weighted by Crippen LogP contribution is -2.15. The first kappa shape index (κ1) is 13.6. The molecule has 0 amide bonds. The van der Waals surface area contributed by atoms with Gasteiger partial charge in [0, 0.05) is 12.6 Å². The van der Waals surface area contributed by atoms with Crippen molar-refractivity contribution >= 4 is 0 Å². The molecular weight excluding hydrogens is 224 g/mol. The number of rotatable bonds is 6. The Kier molecular flexibility index (Phi) is 5.24. The van der Waals surface area contributed by atoms with Gasteiger partial charge in [-0.05, 0) is 25.3 Å². The molecule has 18 heavy (non-hydrogen) atoms. The Morgan fingerprint density at radius 3 is 2.89 bits per heavy atom. The fourth-order valence-corrected chi connectivity index (χ4v) is 2.82. The van der Waals surface area contributed by atoms with Crippen LogP contribution in [0.3, 0.4) is 0 Å². The van der Waals surface area contributed by atoms with Crippen molar-refractivity contribution in [2.24, 2.45) is 0 Å². The Hall–Kier alpha value is -0.830. The molecule has 1 N–H and O–H groups in total. The van der Waals surface area contributed by atoms with Crippen molar-refractivity contribution in [1.82, 2.24) is 9.78 Å². The third-order valence-corrected chi connectivity index (χ3v) is 3.95. The zero-order valence-corrected chi connectivity index (χ0v) is 11.5. The fraction of sp³-hybridized carbons (Fsp3) is 0.800. The number of aliphatic hydroxyl groups is 1. The van der Waals surface area contributed by atoms with Crippen molar-refractivity contribution in [1.29, 1.82) is 0 Å². The Balaban J connectivity index is 1.85. The van der Waals surface area contributed by atoms with E-state index in [-0.39, 0.29) is 6.10 Å². The van der Waals surface area contributed by atoms with E-state index in [2.05, 4.69) is 29.0 Å². The Morgan fingerprint density at radius 2 is 2.17 bits per heavy atom. The SMILES string of the molecule is CCCCC(O)Cc1ccn(C2CCCCC2)n1. The summed E-state index contributed by atoms with van der Waals surface area (Å²) in [6, 6.07) is 2.67. The summed E-state index contributed by atoms with van der Waals surface area (Å²) in [6.07, 6.45) is 12.3. The van der Waals surface area contributed by atoms with Gasteiger partial charge in [0.2, 0.25) is 0 Å². The maximum Gasteiger partial charge on any atom is 0.0650 e. The molecule has 1 fully saturated rings. The predicted octanol–water partition coefficient (Wildman–Crippen LogP) is 3.48. The van der Waals surface area contributed by atoms with Crippen LogP contribution in [0.2, 0.25) is 0 Å². The van der Waals surface area contributed by atoms with Crippen LogP contribution in [0.4, 0.5) is 0 Å². The van der Waals surface area contributed by atoms with Gasteiger partial charge in [-0.3, -0.25) is 4.68 Å². The van der Waals surface area contributed by atoms with E-state index in [1.165, 1.54) is 32.1 Å². The van der Waals surface area contributed by atoms with Gasteiger partial charge in [0.25, 0.3) is 0 Å². The lowest BCUT2D eigenvalue weighted by atomic mass is 9.96. The minimum absolute atomic E-state index is 0.223. The second kappa shape index (κ2) is 6.93. The number of nitrogens with zero attached hydrogens (tertiary/aromatic N) is 2. The summed E-state index contributed by atoms with van der Waals surface area (Å²) >= 11 is 0. The molecule has 0 aromatic carbocycles. The molecule has 1 aromatic rings. The van der Waals surface area contributed by atoms with Crippen LogP contribution in [0, 0.1) is 0 Å². The molecule has 0 bridgehead atoms. The van der Waals surface area contributed by atoms with Crippen molar-refractivity contribution < 1.29 is 5.11 Å². The Labute approximate surface area is 110 Å². The summed E-state index contributed by atoms with van der Waals surface area (Å²) < 4.78 is 2.13. The number of hydrogen-bond donors (Lipinski definition) is 1. The zero-order chi connectivity index (χ0) is 12.8. The van der Waals surface area contributed by atoms with E-state index >= 15 is 0 Å². The van der Waals surface area contributed by atoms with Gasteiger partial charge in [-0.25, -0.2) is 0 Å². The highest BCUT2D eigenvalue weighted by atomic mass is 16.3. The topological polar surface area (TPSA) is 38.0 Å². The van der Waals surface area contributed by atoms with Crippen LogP contribution in [0.25, 0.3) is 0 Å². The van der Waals surface area contributed by atoms with Crippen LogP contribution < -0.4 is 0 Å². The summed E-state index contributed by atoms with van der Waals surface area (Å²) in [4.78, 5) is 0. The molecule has 0 saturated heterocycles. The standard InChI is InChI=1S/C15H26N2O/c1-2-3-9-15(18)12-13-10-11-17(16-13)14-7-5-4-6-8-14/h10-11,14-15,18H,2-9,12H2,1H3. The average Bonchev–Trinajstić information content (AvgIpc) is 2.86. The first-order valence-corrected chi connectivity index (χ1v) is 7.51. The second-order valence-corrected chi connectivity index (χ2v) is 5.58. The van der Waals surface area contributed by atoms with Crippen molar-refractivity contribution in [2.45, 2.75) is 76.9 Å². The number of unbranched alkanes of at least 4 members (excludes halogenated alkanes) is 1. The molecule has 3 nitrogen and oxygen atoms in total. The van der Waals surface area contributed by atoms with Crippen molar-refractivity contribution in [2.75, 3.05) is 0 Å². The molecule has 1 atom stereocenters. The van der Waals surface area contributed by atoms with Gasteiger partial charge in [-0.1, -0.05) is 39.0 Å². The molecule has 0 aliphatic heterocycles. The monoisotopic (exact) mass is 250 g/mol. The summed E-state index contributed by atoms with van der Waals surface area (Å²) in [5, 5.41) is 14.5. The third kappa shape index (κ3) is 3.84. The van der Waals surface area contributed by atoms with Crippen LogP contribution >= 0.6 is 0 Å². The largest absolute Gasteiger partial charge is 0.393 e. The van der Waals surface area contributed by atoms with Crippen LogP contribution in [0.1, 0.15) is 70.0 Å². The molecule has 0 radical (unpaired) electrons. The summed E-state index contributed by atoms with van der Waals surface area (Å²) in [5.41, 5.74) is 1.05. The fourth-order valence-electron chi connectivity index (χ4n) is 2.82. The van der Waals surface area contributed by atoms with E-state index in [1.807, 2.05) is 0 Å². The Bertz CT molecular complexity index is 342. The van der Waals surface area contributed by atoms with E-state index in [0.717, 1.165) is 25.0 Å². The van der Waals surface area contributed by atoms with Crippen molar-refractivity contribution in [3.8, 4) is 0 Å². The third-order valence-electron chi connectivity index (χ3n) is 3.95. The lowest BCUT2D eigenvalue weighted by molar-refractivity contribution is 0.160. The second-order valence-electron chi connectivity index (χ2n) is 5.58. The van der Waals surface area contributed by atoms with Crippen LogP contribution in [0.5, 0.6) is 0 Å². The van der Waals surface area contributed by atoms with Crippen LogP contribution in [-0.2, 0) is 6.42 Å². The number of hydrogen-bond acceptors (Lipinski definition) is 2. The molecule has 0 spiro atoms. The van der Waals surface area contributed by atoms with E-state index in [9.17, 15) is 5.11 Å². The minimum Gasteiger partial charge on any atom is -0.393 e. The first-order valence-electron chi connectivity index (χ1n) is 7.51. The lowest BCUT2D eigenvalue weighted by Gasteiger charge is -2.21. The van der Waals surface area contributed by atoms with E-state index in [4.69, 9.17) is 0 Å². The highest BCUT2D eigenvalue weighted by molar-refractivity contribution is 5.01. The van der Waals surface area contributed by atoms with Gasteiger partial charge in [0.1, 0.15) is 0 Å². The maximum atomic E-state index is 9.90. The van der Waals surface area contributed by atoms with Gasteiger partial charge in [0.05, 0.1) is 17.8 Å². The average molecular weight is 250 g/mol. The highest BCUT2D eigenvalue weighted by Gasteiger charge is 2.16. The molecule has 1 unspecified atom stereocenters. The zero-order valence-electron chi connectivity index (χ0n) is 11.5. The summed E-state index contributed by atoms with van der Waals surface area (Å²) in [7, 11) is 0. The maximum absolute atomic E-state index is 9.90. The molecule has 3 heteroatoms. The molecule has 1 aliphatic rings. The van der Waals surface area contributed by atoms with Gasteiger partial charge in [-0.15, -0.1) is 0 Å². The van der Waals surface area contributed by atoms with Gasteiger partial charge >= 0.3 is 0 Å². The molecular formula is C15H26N2O.